The summed E-state index contributed by atoms with van der Waals surface area (Å²) in [6.45, 7) is 5.23. The van der Waals surface area contributed by atoms with E-state index in [2.05, 4.69) is 13.8 Å². The summed E-state index contributed by atoms with van der Waals surface area (Å²) in [7, 11) is 0. The molecule has 1 aliphatic rings. The summed E-state index contributed by atoms with van der Waals surface area (Å²) in [5.74, 6) is 0.575. The van der Waals surface area contributed by atoms with E-state index in [0.29, 0.717) is 22.5 Å². The molecule has 1 saturated heterocycles. The molecule has 2 nitrogen and oxygen atoms in total. The van der Waals surface area contributed by atoms with Gasteiger partial charge in [-0.05, 0) is 49.6 Å². The van der Waals surface area contributed by atoms with Crippen LogP contribution in [0.5, 0.6) is 0 Å². The zero-order valence-electron chi connectivity index (χ0n) is 12.4. The van der Waals surface area contributed by atoms with Crippen molar-refractivity contribution >= 4 is 29.3 Å². The number of benzene rings is 1. The van der Waals surface area contributed by atoms with Gasteiger partial charge in [-0.3, -0.25) is 4.79 Å². The Balaban J connectivity index is 2.29. The summed E-state index contributed by atoms with van der Waals surface area (Å²) >= 11 is 7.87. The minimum absolute atomic E-state index is 0.0873. The molecular weight excluding hydrogens is 290 g/mol. The number of hydrogen-bond acceptors (Lipinski definition) is 2. The predicted octanol–water partition coefficient (Wildman–Crippen LogP) is 4.71. The molecule has 0 saturated carbocycles. The van der Waals surface area contributed by atoms with Gasteiger partial charge in [-0.2, -0.15) is 0 Å². The van der Waals surface area contributed by atoms with Crippen LogP contribution >= 0.6 is 23.4 Å². The average molecular weight is 312 g/mol. The Morgan fingerprint density at radius 3 is 2.80 bits per heavy atom. The predicted molar refractivity (Wildman–Crippen MR) is 86.7 cm³/mol. The van der Waals surface area contributed by atoms with Crippen LogP contribution in [0.1, 0.15) is 43.5 Å². The molecule has 0 bridgehead atoms. The maximum atomic E-state index is 12.8. The molecule has 4 heteroatoms. The number of amides is 1. The lowest BCUT2D eigenvalue weighted by Gasteiger charge is -2.38. The zero-order valence-corrected chi connectivity index (χ0v) is 13.9. The first kappa shape index (κ1) is 15.7. The first-order valence-electron chi connectivity index (χ1n) is 7.19. The highest BCUT2D eigenvalue weighted by Gasteiger charge is 2.30. The molecule has 0 radical (unpaired) electrons. The van der Waals surface area contributed by atoms with E-state index >= 15 is 0 Å². The smallest absolute Gasteiger partial charge is 0.255 e. The monoisotopic (exact) mass is 311 g/mol. The van der Waals surface area contributed by atoms with E-state index in [1.165, 1.54) is 6.42 Å². The summed E-state index contributed by atoms with van der Waals surface area (Å²) in [5, 5.41) is 0.556. The van der Waals surface area contributed by atoms with Crippen molar-refractivity contribution in [2.45, 2.75) is 44.0 Å². The Hall–Kier alpha value is -0.670. The van der Waals surface area contributed by atoms with Crippen molar-refractivity contribution in [1.29, 1.82) is 0 Å². The van der Waals surface area contributed by atoms with Gasteiger partial charge in [0.1, 0.15) is 0 Å². The van der Waals surface area contributed by atoms with Gasteiger partial charge in [-0.1, -0.05) is 25.4 Å². The fourth-order valence-corrected chi connectivity index (χ4v) is 3.49. The Labute approximate surface area is 130 Å². The minimum Gasteiger partial charge on any atom is -0.335 e. The van der Waals surface area contributed by atoms with Crippen LogP contribution in [0.2, 0.25) is 5.02 Å². The first-order valence-corrected chi connectivity index (χ1v) is 8.79. The third-order valence-corrected chi connectivity index (χ3v) is 5.04. The Morgan fingerprint density at radius 2 is 2.15 bits per heavy atom. The van der Waals surface area contributed by atoms with E-state index in [9.17, 15) is 4.79 Å². The lowest BCUT2D eigenvalue weighted by atomic mass is 9.92. The second-order valence-corrected chi connectivity index (χ2v) is 6.94. The van der Waals surface area contributed by atoms with Crippen LogP contribution in [0, 0.1) is 5.92 Å². The lowest BCUT2D eigenvalue weighted by Crippen LogP contribution is -2.46. The SMILES string of the molecule is CSc1ccc(Cl)c(C(=O)N2CCCCC2C(C)C)c1. The van der Waals surface area contributed by atoms with E-state index in [4.69, 9.17) is 11.6 Å². The third-order valence-electron chi connectivity index (χ3n) is 3.98. The molecular formula is C16H22ClNOS. The number of likely N-dealkylation sites (tertiary alicyclic amines) is 1. The van der Waals surface area contributed by atoms with E-state index < -0.39 is 0 Å². The van der Waals surface area contributed by atoms with Crippen molar-refractivity contribution in [2.24, 2.45) is 5.92 Å². The highest BCUT2D eigenvalue weighted by atomic mass is 35.5. The van der Waals surface area contributed by atoms with Gasteiger partial charge < -0.3 is 4.90 Å². The molecule has 110 valence electrons. The number of piperidine rings is 1. The molecule has 1 aliphatic heterocycles. The van der Waals surface area contributed by atoms with Crippen molar-refractivity contribution in [1.82, 2.24) is 4.90 Å². The number of halogens is 1. The molecule has 0 aromatic heterocycles. The van der Waals surface area contributed by atoms with Crippen LogP contribution in [-0.4, -0.2) is 29.6 Å². The van der Waals surface area contributed by atoms with Crippen LogP contribution in [0.15, 0.2) is 23.1 Å². The van der Waals surface area contributed by atoms with E-state index in [1.54, 1.807) is 11.8 Å². The van der Waals surface area contributed by atoms with Gasteiger partial charge in [0, 0.05) is 17.5 Å². The van der Waals surface area contributed by atoms with Crippen LogP contribution in [0.25, 0.3) is 0 Å². The molecule has 0 N–H and O–H groups in total. The molecule has 1 atom stereocenters. The second-order valence-electron chi connectivity index (χ2n) is 5.65. The first-order chi connectivity index (χ1) is 9.54. The van der Waals surface area contributed by atoms with Gasteiger partial charge in [0.15, 0.2) is 0 Å². The summed E-state index contributed by atoms with van der Waals surface area (Å²) in [6, 6.07) is 6.04. The highest BCUT2D eigenvalue weighted by molar-refractivity contribution is 7.98. The highest BCUT2D eigenvalue weighted by Crippen LogP contribution is 2.29. The van der Waals surface area contributed by atoms with E-state index in [-0.39, 0.29) is 5.91 Å². The minimum atomic E-state index is 0.0873. The second kappa shape index (κ2) is 6.86. The molecule has 1 fully saturated rings. The Kier molecular flexibility index (Phi) is 5.39. The average Bonchev–Trinajstić information content (AvgIpc) is 2.47. The van der Waals surface area contributed by atoms with Crippen molar-refractivity contribution in [3.8, 4) is 0 Å². The van der Waals surface area contributed by atoms with E-state index in [1.807, 2.05) is 29.4 Å². The normalized spacial score (nSPS) is 19.4. The zero-order chi connectivity index (χ0) is 14.7. The Morgan fingerprint density at radius 1 is 1.40 bits per heavy atom. The molecule has 1 amide bonds. The van der Waals surface area contributed by atoms with Crippen molar-refractivity contribution in [2.75, 3.05) is 12.8 Å². The fraction of sp³-hybridized carbons (Fsp3) is 0.562. The number of nitrogens with zero attached hydrogens (tertiary/aromatic N) is 1. The van der Waals surface area contributed by atoms with Gasteiger partial charge in [-0.15, -0.1) is 11.8 Å². The van der Waals surface area contributed by atoms with Gasteiger partial charge in [0.05, 0.1) is 10.6 Å². The maximum Gasteiger partial charge on any atom is 0.255 e. The summed E-state index contributed by atoms with van der Waals surface area (Å²) in [4.78, 5) is 15.9. The third kappa shape index (κ3) is 3.32. The molecule has 2 rings (SSSR count). The van der Waals surface area contributed by atoms with Crippen LogP contribution < -0.4 is 0 Å². The molecule has 1 aromatic carbocycles. The fourth-order valence-electron chi connectivity index (χ4n) is 2.85. The molecule has 0 aliphatic carbocycles. The van der Waals surface area contributed by atoms with Gasteiger partial charge >= 0.3 is 0 Å². The standard InChI is InChI=1S/C16H22ClNOS/c1-11(2)15-6-4-5-9-18(15)16(19)13-10-12(20-3)7-8-14(13)17/h7-8,10-11,15H,4-6,9H2,1-3H3. The lowest BCUT2D eigenvalue weighted by molar-refractivity contribution is 0.0543. The number of carbonyl (C=O) groups excluding carboxylic acids is 1. The van der Waals surface area contributed by atoms with Crippen molar-refractivity contribution in [3.63, 3.8) is 0 Å². The quantitative estimate of drug-likeness (QED) is 0.753. The van der Waals surface area contributed by atoms with Crippen LogP contribution in [0.4, 0.5) is 0 Å². The summed E-state index contributed by atoms with van der Waals surface area (Å²) in [5.41, 5.74) is 0.645. The largest absolute Gasteiger partial charge is 0.335 e. The molecule has 1 heterocycles. The summed E-state index contributed by atoms with van der Waals surface area (Å²) in [6.07, 6.45) is 5.42. The number of hydrogen-bond donors (Lipinski definition) is 0. The van der Waals surface area contributed by atoms with Crippen LogP contribution in [0.3, 0.4) is 0 Å². The van der Waals surface area contributed by atoms with Crippen molar-refractivity contribution in [3.05, 3.63) is 28.8 Å². The number of carbonyl (C=O) groups is 1. The van der Waals surface area contributed by atoms with Crippen molar-refractivity contribution < 1.29 is 4.79 Å². The molecule has 0 spiro atoms. The maximum absolute atomic E-state index is 12.8. The van der Waals surface area contributed by atoms with Gasteiger partial charge in [0.25, 0.3) is 5.91 Å². The van der Waals surface area contributed by atoms with Gasteiger partial charge in [-0.25, -0.2) is 0 Å². The van der Waals surface area contributed by atoms with Gasteiger partial charge in [0.2, 0.25) is 0 Å². The number of thioether (sulfide) groups is 1. The molecule has 1 aromatic rings. The number of rotatable bonds is 3. The summed E-state index contributed by atoms with van der Waals surface area (Å²) < 4.78 is 0. The van der Waals surface area contributed by atoms with E-state index in [0.717, 1.165) is 24.3 Å². The van der Waals surface area contributed by atoms with Crippen LogP contribution in [-0.2, 0) is 0 Å². The molecule has 1 unspecified atom stereocenters. The topological polar surface area (TPSA) is 20.3 Å². The molecule has 20 heavy (non-hydrogen) atoms. The Bertz CT molecular complexity index is 489.